The second-order valence-electron chi connectivity index (χ2n) is 4.28. The smallest absolute Gasteiger partial charge is 0.232 e. The van der Waals surface area contributed by atoms with Gasteiger partial charge < -0.3 is 9.64 Å². The van der Waals surface area contributed by atoms with Crippen LogP contribution in [0.3, 0.4) is 0 Å². The Kier molecular flexibility index (Phi) is 3.76. The Morgan fingerprint density at radius 1 is 1.33 bits per heavy atom. The molecule has 2 aromatic rings. The van der Waals surface area contributed by atoms with Gasteiger partial charge >= 0.3 is 0 Å². The molecule has 0 unspecified atom stereocenters. The van der Waals surface area contributed by atoms with Gasteiger partial charge in [-0.05, 0) is 34.9 Å². The largest absolute Gasteiger partial charge is 0.496 e. The Labute approximate surface area is 111 Å². The summed E-state index contributed by atoms with van der Waals surface area (Å²) in [5.41, 5.74) is 2.23. The highest BCUT2D eigenvalue weighted by Gasteiger charge is 2.13. The van der Waals surface area contributed by atoms with Gasteiger partial charge in [0.15, 0.2) is 0 Å². The topological polar surface area (TPSA) is 51.1 Å². The van der Waals surface area contributed by atoms with Crippen LogP contribution in [0.2, 0.25) is 0 Å². The Bertz CT molecular complexity index is 513. The molecule has 0 fully saturated rings. The summed E-state index contributed by atoms with van der Waals surface area (Å²) in [5.74, 6) is 1.32. The van der Waals surface area contributed by atoms with Crippen molar-refractivity contribution in [1.29, 1.82) is 0 Å². The Balaban J connectivity index is 2.38. The van der Waals surface area contributed by atoms with E-state index in [1.807, 2.05) is 24.1 Å². The first kappa shape index (κ1) is 12.8. The zero-order chi connectivity index (χ0) is 13.1. The fourth-order valence-corrected chi connectivity index (χ4v) is 2.20. The molecule has 0 aliphatic carbocycles. The van der Waals surface area contributed by atoms with Crippen LogP contribution in [0.1, 0.15) is 25.3 Å². The molecule has 0 spiro atoms. The zero-order valence-corrected chi connectivity index (χ0v) is 11.7. The summed E-state index contributed by atoms with van der Waals surface area (Å²) in [6, 6.07) is 6.10. The molecule has 2 rings (SSSR count). The SMILES string of the molecule is COc1ccc(N(C)c2nnns2)cc1C(C)C. The van der Waals surface area contributed by atoms with E-state index in [1.165, 1.54) is 17.1 Å². The van der Waals surface area contributed by atoms with Gasteiger partial charge in [-0.2, -0.15) is 0 Å². The number of hydrogen-bond donors (Lipinski definition) is 0. The van der Waals surface area contributed by atoms with Gasteiger partial charge in [-0.15, -0.1) is 0 Å². The van der Waals surface area contributed by atoms with E-state index in [0.717, 1.165) is 16.6 Å². The molecule has 0 saturated heterocycles. The van der Waals surface area contributed by atoms with Crippen molar-refractivity contribution in [3.05, 3.63) is 23.8 Å². The van der Waals surface area contributed by atoms with Crippen molar-refractivity contribution in [2.24, 2.45) is 0 Å². The van der Waals surface area contributed by atoms with Gasteiger partial charge in [0, 0.05) is 24.3 Å². The third-order valence-electron chi connectivity index (χ3n) is 2.80. The molecule has 0 atom stereocenters. The molecule has 0 N–H and O–H groups in total. The van der Waals surface area contributed by atoms with Gasteiger partial charge in [-0.3, -0.25) is 0 Å². The van der Waals surface area contributed by atoms with E-state index in [9.17, 15) is 0 Å². The highest BCUT2D eigenvalue weighted by atomic mass is 32.1. The molecule has 5 nitrogen and oxygen atoms in total. The number of hydrogen-bond acceptors (Lipinski definition) is 6. The summed E-state index contributed by atoms with van der Waals surface area (Å²) in [5, 5.41) is 8.35. The molecule has 0 radical (unpaired) electrons. The number of nitrogens with zero attached hydrogens (tertiary/aromatic N) is 4. The molecule has 0 aliphatic heterocycles. The lowest BCUT2D eigenvalue weighted by Crippen LogP contribution is -2.10. The van der Waals surface area contributed by atoms with Gasteiger partial charge in [0.25, 0.3) is 0 Å². The predicted molar refractivity (Wildman–Crippen MR) is 72.9 cm³/mol. The molecule has 6 heteroatoms. The maximum absolute atomic E-state index is 5.38. The molecular formula is C12H16N4OS. The quantitative estimate of drug-likeness (QED) is 0.850. The fourth-order valence-electron chi connectivity index (χ4n) is 1.75. The highest BCUT2D eigenvalue weighted by molar-refractivity contribution is 7.09. The summed E-state index contributed by atoms with van der Waals surface area (Å²) >= 11 is 1.27. The first-order valence-corrected chi connectivity index (χ1v) is 6.47. The number of rotatable bonds is 4. The van der Waals surface area contributed by atoms with Crippen LogP contribution >= 0.6 is 11.5 Å². The Morgan fingerprint density at radius 2 is 2.11 bits per heavy atom. The molecule has 0 saturated carbocycles. The van der Waals surface area contributed by atoms with Crippen molar-refractivity contribution in [3.63, 3.8) is 0 Å². The maximum atomic E-state index is 5.38. The molecule has 1 aromatic heterocycles. The Hall–Kier alpha value is -1.69. The zero-order valence-electron chi connectivity index (χ0n) is 10.9. The second-order valence-corrected chi connectivity index (χ2v) is 5.00. The van der Waals surface area contributed by atoms with Gasteiger partial charge in [0.2, 0.25) is 5.13 Å². The molecule has 0 bridgehead atoms. The van der Waals surface area contributed by atoms with Gasteiger partial charge in [-0.25, -0.2) is 0 Å². The Morgan fingerprint density at radius 3 is 2.67 bits per heavy atom. The average molecular weight is 264 g/mol. The lowest BCUT2D eigenvalue weighted by Gasteiger charge is -2.18. The maximum Gasteiger partial charge on any atom is 0.232 e. The molecule has 96 valence electrons. The van der Waals surface area contributed by atoms with Gasteiger partial charge in [0.05, 0.1) is 7.11 Å². The molecule has 0 aliphatic rings. The second kappa shape index (κ2) is 5.30. The van der Waals surface area contributed by atoms with E-state index in [4.69, 9.17) is 4.74 Å². The third-order valence-corrected chi connectivity index (χ3v) is 3.47. The monoisotopic (exact) mass is 264 g/mol. The minimum absolute atomic E-state index is 0.404. The lowest BCUT2D eigenvalue weighted by molar-refractivity contribution is 0.407. The van der Waals surface area contributed by atoms with Crippen molar-refractivity contribution >= 4 is 22.4 Å². The standard InChI is InChI=1S/C12H16N4OS/c1-8(2)10-7-9(5-6-11(10)17-4)16(3)12-13-14-15-18-12/h5-8H,1-4H3. The van der Waals surface area contributed by atoms with E-state index < -0.39 is 0 Å². The minimum atomic E-state index is 0.404. The molecule has 18 heavy (non-hydrogen) atoms. The van der Waals surface area contributed by atoms with Crippen LogP contribution < -0.4 is 9.64 Å². The third kappa shape index (κ3) is 2.43. The minimum Gasteiger partial charge on any atom is -0.496 e. The summed E-state index contributed by atoms with van der Waals surface area (Å²) in [7, 11) is 3.65. The first-order valence-electron chi connectivity index (χ1n) is 5.70. The molecular weight excluding hydrogens is 248 g/mol. The fraction of sp³-hybridized carbons (Fsp3) is 0.417. The van der Waals surface area contributed by atoms with E-state index in [0.29, 0.717) is 5.92 Å². The van der Waals surface area contributed by atoms with Crippen LogP contribution in [0.25, 0.3) is 0 Å². The van der Waals surface area contributed by atoms with Crippen LogP contribution in [-0.4, -0.2) is 29.0 Å². The number of aromatic nitrogens is 3. The molecule has 1 aromatic carbocycles. The predicted octanol–water partition coefficient (Wildman–Crippen LogP) is 2.83. The summed E-state index contributed by atoms with van der Waals surface area (Å²) < 4.78 is 9.15. The average Bonchev–Trinajstić information content (AvgIpc) is 2.90. The molecule has 0 amide bonds. The van der Waals surface area contributed by atoms with Crippen molar-refractivity contribution < 1.29 is 4.74 Å². The van der Waals surface area contributed by atoms with Crippen LogP contribution in [0.15, 0.2) is 18.2 Å². The lowest BCUT2D eigenvalue weighted by atomic mass is 10.0. The van der Waals surface area contributed by atoms with Crippen molar-refractivity contribution in [2.45, 2.75) is 19.8 Å². The number of benzene rings is 1. The van der Waals surface area contributed by atoms with E-state index in [1.54, 1.807) is 7.11 Å². The normalized spacial score (nSPS) is 10.7. The van der Waals surface area contributed by atoms with Crippen molar-refractivity contribution in [2.75, 3.05) is 19.1 Å². The van der Waals surface area contributed by atoms with Crippen LogP contribution in [0.4, 0.5) is 10.8 Å². The summed E-state index contributed by atoms with van der Waals surface area (Å²) in [4.78, 5) is 1.97. The van der Waals surface area contributed by atoms with Crippen LogP contribution in [0, 0.1) is 0 Å². The van der Waals surface area contributed by atoms with Gasteiger partial charge in [-0.1, -0.05) is 23.4 Å². The van der Waals surface area contributed by atoms with E-state index in [2.05, 4.69) is 34.7 Å². The van der Waals surface area contributed by atoms with Crippen molar-refractivity contribution in [1.82, 2.24) is 14.8 Å². The number of anilines is 2. The van der Waals surface area contributed by atoms with Crippen molar-refractivity contribution in [3.8, 4) is 5.75 Å². The van der Waals surface area contributed by atoms with Crippen LogP contribution in [-0.2, 0) is 0 Å². The van der Waals surface area contributed by atoms with Gasteiger partial charge in [0.1, 0.15) is 5.75 Å². The van der Waals surface area contributed by atoms with E-state index >= 15 is 0 Å². The summed E-state index contributed by atoms with van der Waals surface area (Å²) in [6.45, 7) is 4.29. The van der Waals surface area contributed by atoms with Crippen LogP contribution in [0.5, 0.6) is 5.75 Å². The number of ether oxygens (including phenoxy) is 1. The summed E-state index contributed by atoms with van der Waals surface area (Å²) in [6.07, 6.45) is 0. The highest BCUT2D eigenvalue weighted by Crippen LogP contribution is 2.32. The molecule has 1 heterocycles. The van der Waals surface area contributed by atoms with E-state index in [-0.39, 0.29) is 0 Å². The first-order chi connectivity index (χ1) is 8.63. The number of methoxy groups -OCH3 is 1.